The highest BCUT2D eigenvalue weighted by molar-refractivity contribution is 5.87. The Labute approximate surface area is 234 Å². The molecule has 0 bridgehead atoms. The van der Waals surface area contributed by atoms with Crippen LogP contribution in [0.5, 0.6) is 0 Å². The molecule has 1 unspecified atom stereocenters. The number of ether oxygens (including phenoxy) is 2. The number of esters is 2. The van der Waals surface area contributed by atoms with Gasteiger partial charge in [-0.3, -0.25) is 38.6 Å². The molecular formula is C26H42N4O10. The SMILES string of the molecule is C=CC(=O)N(C)CCOC(=O)CN(CC(=O)O)C(C)CC(C)(C)N(CC(=O)O)CC(=O)OCCN(C)C(=O)C=C. The summed E-state index contributed by atoms with van der Waals surface area (Å²) in [6, 6.07) is -0.547. The van der Waals surface area contributed by atoms with Crippen LogP contribution in [0.4, 0.5) is 0 Å². The lowest BCUT2D eigenvalue weighted by molar-refractivity contribution is -0.150. The Morgan fingerprint density at radius 2 is 1.20 bits per heavy atom. The topological polar surface area (TPSA) is 174 Å². The van der Waals surface area contributed by atoms with Gasteiger partial charge in [-0.05, 0) is 39.3 Å². The summed E-state index contributed by atoms with van der Waals surface area (Å²) < 4.78 is 10.3. The first-order valence-electron chi connectivity index (χ1n) is 12.5. The molecule has 0 rings (SSSR count). The molecule has 0 radical (unpaired) electrons. The standard InChI is InChI=1S/C26H42N4O10/c1-8-20(31)27(6)10-12-39-24(37)17-29(15-22(33)34)19(3)14-26(4,5)30(16-23(35)36)18-25(38)40-13-11-28(7)21(32)9-2/h8-9,19H,1-2,10-18H2,3-7H3,(H,33,34)(H,35,36). The Bertz CT molecular complexity index is 936. The van der Waals surface area contributed by atoms with E-state index in [1.54, 1.807) is 20.8 Å². The van der Waals surface area contributed by atoms with Gasteiger partial charge >= 0.3 is 23.9 Å². The maximum atomic E-state index is 12.5. The van der Waals surface area contributed by atoms with E-state index >= 15 is 0 Å². The maximum absolute atomic E-state index is 12.5. The Balaban J connectivity index is 5.31. The van der Waals surface area contributed by atoms with Crippen LogP contribution in [0.2, 0.25) is 0 Å². The van der Waals surface area contributed by atoms with E-state index in [9.17, 15) is 39.0 Å². The van der Waals surface area contributed by atoms with Crippen molar-refractivity contribution in [3.63, 3.8) is 0 Å². The molecule has 226 valence electrons. The second-order valence-electron chi connectivity index (χ2n) is 9.78. The molecule has 0 aliphatic heterocycles. The summed E-state index contributed by atoms with van der Waals surface area (Å²) in [7, 11) is 3.03. The van der Waals surface area contributed by atoms with Crippen LogP contribution in [-0.4, -0.2) is 144 Å². The van der Waals surface area contributed by atoms with E-state index in [1.165, 1.54) is 33.7 Å². The molecule has 0 spiro atoms. The summed E-state index contributed by atoms with van der Waals surface area (Å²) in [6.07, 6.45) is 2.43. The molecule has 0 aromatic heterocycles. The van der Waals surface area contributed by atoms with Crippen LogP contribution < -0.4 is 0 Å². The predicted octanol–water partition coefficient (Wildman–Crippen LogP) is -0.308. The molecule has 14 nitrogen and oxygen atoms in total. The fraction of sp³-hybridized carbons (Fsp3) is 0.615. The summed E-state index contributed by atoms with van der Waals surface area (Å²) in [5.41, 5.74) is -0.944. The summed E-state index contributed by atoms with van der Waals surface area (Å²) in [5.74, 6) is -4.45. The first-order chi connectivity index (χ1) is 18.5. The minimum absolute atomic E-state index is 0.0955. The van der Waals surface area contributed by atoms with Crippen molar-refractivity contribution in [1.29, 1.82) is 0 Å². The smallest absolute Gasteiger partial charge is 0.320 e. The van der Waals surface area contributed by atoms with Gasteiger partial charge in [-0.15, -0.1) is 0 Å². The van der Waals surface area contributed by atoms with Crippen LogP contribution in [-0.2, 0) is 38.2 Å². The van der Waals surface area contributed by atoms with Crippen molar-refractivity contribution in [1.82, 2.24) is 19.6 Å². The maximum Gasteiger partial charge on any atom is 0.320 e. The van der Waals surface area contributed by atoms with Gasteiger partial charge in [0.2, 0.25) is 11.8 Å². The molecule has 14 heteroatoms. The summed E-state index contributed by atoms with van der Waals surface area (Å²) in [4.78, 5) is 76.3. The first kappa shape index (κ1) is 36.2. The van der Waals surface area contributed by atoms with Crippen LogP contribution >= 0.6 is 0 Å². The van der Waals surface area contributed by atoms with Gasteiger partial charge in [0.05, 0.1) is 39.3 Å². The number of hydrogen-bond acceptors (Lipinski definition) is 10. The van der Waals surface area contributed by atoms with Crippen LogP contribution in [0.3, 0.4) is 0 Å². The number of likely N-dealkylation sites (N-methyl/N-ethyl adjacent to an activating group) is 2. The number of carboxylic acids is 2. The number of nitrogens with zero attached hydrogens (tertiary/aromatic N) is 4. The van der Waals surface area contributed by atoms with Crippen LogP contribution in [0, 0.1) is 0 Å². The van der Waals surface area contributed by atoms with Gasteiger partial charge in [-0.2, -0.15) is 0 Å². The Kier molecular flexibility index (Phi) is 16.1. The predicted molar refractivity (Wildman–Crippen MR) is 144 cm³/mol. The third-order valence-electron chi connectivity index (χ3n) is 6.07. The number of rotatable bonds is 20. The molecule has 1 atom stereocenters. The number of carbonyl (C=O) groups is 6. The molecule has 40 heavy (non-hydrogen) atoms. The van der Waals surface area contributed by atoms with Crippen LogP contribution in [0.1, 0.15) is 27.2 Å². The number of aliphatic carboxylic acids is 2. The van der Waals surface area contributed by atoms with Gasteiger partial charge in [-0.1, -0.05) is 13.2 Å². The quantitative estimate of drug-likeness (QED) is 0.145. The van der Waals surface area contributed by atoms with E-state index < -0.39 is 48.5 Å². The second kappa shape index (κ2) is 17.7. The average Bonchev–Trinajstić information content (AvgIpc) is 2.85. The molecule has 0 aromatic rings. The summed E-state index contributed by atoms with van der Waals surface area (Å²) in [6.45, 7) is 10.2. The molecule has 0 heterocycles. The normalized spacial score (nSPS) is 11.9. The molecule has 0 fully saturated rings. The molecule has 0 aromatic carbocycles. The Morgan fingerprint density at radius 3 is 1.60 bits per heavy atom. The van der Waals surface area contributed by atoms with Gasteiger partial charge in [0, 0.05) is 25.7 Å². The second-order valence-corrected chi connectivity index (χ2v) is 9.78. The van der Waals surface area contributed by atoms with E-state index in [2.05, 4.69) is 13.2 Å². The fourth-order valence-corrected chi connectivity index (χ4v) is 3.71. The monoisotopic (exact) mass is 570 g/mol. The van der Waals surface area contributed by atoms with Crippen molar-refractivity contribution in [2.75, 3.05) is 66.6 Å². The molecular weight excluding hydrogens is 528 g/mol. The highest BCUT2D eigenvalue weighted by Gasteiger charge is 2.34. The van der Waals surface area contributed by atoms with E-state index in [-0.39, 0.29) is 57.6 Å². The Hall–Kier alpha value is -3.78. The van der Waals surface area contributed by atoms with Gasteiger partial charge < -0.3 is 29.5 Å². The lowest BCUT2D eigenvalue weighted by atomic mass is 9.92. The molecule has 0 aliphatic carbocycles. The highest BCUT2D eigenvalue weighted by Crippen LogP contribution is 2.23. The zero-order valence-electron chi connectivity index (χ0n) is 24.0. The number of amides is 2. The lowest BCUT2D eigenvalue weighted by Crippen LogP contribution is -2.53. The van der Waals surface area contributed by atoms with Gasteiger partial charge in [0.1, 0.15) is 13.2 Å². The van der Waals surface area contributed by atoms with E-state index in [0.717, 1.165) is 12.2 Å². The molecule has 0 saturated heterocycles. The van der Waals surface area contributed by atoms with Gasteiger partial charge in [0.15, 0.2) is 0 Å². The molecule has 0 saturated carbocycles. The van der Waals surface area contributed by atoms with Gasteiger partial charge in [-0.25, -0.2) is 0 Å². The number of hydrogen-bond donors (Lipinski definition) is 2. The zero-order chi connectivity index (χ0) is 31.0. The minimum atomic E-state index is -1.18. The fourth-order valence-electron chi connectivity index (χ4n) is 3.71. The van der Waals surface area contributed by atoms with E-state index in [4.69, 9.17) is 9.47 Å². The van der Waals surface area contributed by atoms with E-state index in [1.807, 2.05) is 0 Å². The van der Waals surface area contributed by atoms with Crippen molar-refractivity contribution < 1.29 is 48.5 Å². The largest absolute Gasteiger partial charge is 0.480 e. The van der Waals surface area contributed by atoms with Crippen molar-refractivity contribution >= 4 is 35.7 Å². The zero-order valence-corrected chi connectivity index (χ0v) is 24.0. The molecule has 2 amide bonds. The Morgan fingerprint density at radius 1 is 0.775 bits per heavy atom. The van der Waals surface area contributed by atoms with Crippen molar-refractivity contribution in [2.45, 2.75) is 38.8 Å². The van der Waals surface area contributed by atoms with Crippen LogP contribution in [0.25, 0.3) is 0 Å². The average molecular weight is 571 g/mol. The van der Waals surface area contributed by atoms with Gasteiger partial charge in [0.25, 0.3) is 0 Å². The van der Waals surface area contributed by atoms with Crippen molar-refractivity contribution in [2.24, 2.45) is 0 Å². The summed E-state index contributed by atoms with van der Waals surface area (Å²) >= 11 is 0. The number of carbonyl (C=O) groups excluding carboxylic acids is 4. The van der Waals surface area contributed by atoms with Crippen molar-refractivity contribution in [3.8, 4) is 0 Å². The first-order valence-corrected chi connectivity index (χ1v) is 12.5. The van der Waals surface area contributed by atoms with Crippen LogP contribution in [0.15, 0.2) is 25.3 Å². The molecule has 0 aliphatic rings. The highest BCUT2D eigenvalue weighted by atomic mass is 16.5. The third-order valence-corrected chi connectivity index (χ3v) is 6.07. The van der Waals surface area contributed by atoms with Crippen molar-refractivity contribution in [3.05, 3.63) is 25.3 Å². The lowest BCUT2D eigenvalue weighted by Gasteiger charge is -2.41. The minimum Gasteiger partial charge on any atom is -0.480 e. The number of carboxylic acid groups (broad SMARTS) is 2. The molecule has 2 N–H and O–H groups in total. The van der Waals surface area contributed by atoms with E-state index in [0.29, 0.717) is 0 Å². The third kappa shape index (κ3) is 14.4. The summed E-state index contributed by atoms with van der Waals surface area (Å²) in [5, 5.41) is 18.8.